The fourth-order valence-electron chi connectivity index (χ4n) is 5.24. The molecular formula is C24H30N2O. The summed E-state index contributed by atoms with van der Waals surface area (Å²) in [6.45, 7) is 2.22. The van der Waals surface area contributed by atoms with Crippen LogP contribution in [-0.4, -0.2) is 25.2 Å². The van der Waals surface area contributed by atoms with Gasteiger partial charge in [0.25, 0.3) is 0 Å². The average Bonchev–Trinajstić information content (AvgIpc) is 2.91. The van der Waals surface area contributed by atoms with Gasteiger partial charge in [-0.1, -0.05) is 36.8 Å². The zero-order valence-corrected chi connectivity index (χ0v) is 16.0. The quantitative estimate of drug-likeness (QED) is 0.774. The van der Waals surface area contributed by atoms with Gasteiger partial charge in [0.15, 0.2) is 0 Å². The Morgan fingerprint density at radius 1 is 0.778 bits per heavy atom. The number of ether oxygens (including phenoxy) is 1. The summed E-state index contributed by atoms with van der Waals surface area (Å²) in [5.74, 6) is 1.65. The Morgan fingerprint density at radius 3 is 2.52 bits per heavy atom. The van der Waals surface area contributed by atoms with Crippen LogP contribution in [0.15, 0.2) is 42.5 Å². The summed E-state index contributed by atoms with van der Waals surface area (Å²) in [5, 5.41) is 7.37. The number of hydrogen-bond acceptors (Lipinski definition) is 3. The lowest BCUT2D eigenvalue weighted by atomic mass is 9.85. The van der Waals surface area contributed by atoms with E-state index >= 15 is 0 Å². The number of anilines is 1. The van der Waals surface area contributed by atoms with Crippen molar-refractivity contribution in [3.63, 3.8) is 0 Å². The third-order valence-corrected chi connectivity index (χ3v) is 6.59. The van der Waals surface area contributed by atoms with Gasteiger partial charge in [0.1, 0.15) is 5.75 Å². The molecule has 2 heterocycles. The van der Waals surface area contributed by atoms with E-state index in [1.807, 2.05) is 0 Å². The summed E-state index contributed by atoms with van der Waals surface area (Å²) in [6.07, 6.45) is 9.12. The van der Waals surface area contributed by atoms with Gasteiger partial charge in [0.2, 0.25) is 0 Å². The van der Waals surface area contributed by atoms with Gasteiger partial charge in [-0.15, -0.1) is 0 Å². The zero-order chi connectivity index (χ0) is 18.1. The lowest BCUT2D eigenvalue weighted by molar-refractivity contribution is 0.155. The summed E-state index contributed by atoms with van der Waals surface area (Å²) >= 11 is 0. The first-order chi connectivity index (χ1) is 13.4. The maximum absolute atomic E-state index is 6.53. The van der Waals surface area contributed by atoms with Crippen LogP contribution in [0.1, 0.15) is 56.4 Å². The molecule has 1 saturated carbocycles. The average molecular weight is 363 g/mol. The van der Waals surface area contributed by atoms with Crippen molar-refractivity contribution in [1.82, 2.24) is 5.32 Å². The maximum atomic E-state index is 6.53. The standard InChI is InChI=1S/C24H30N2O/c1-2-7-17(8-3-1)27-23-12-5-4-9-18(23)19-10-6-11-22-24(19)20-13-15-25-16-14-21(20)26-22/h4-6,9-12,17,20-21,25-26H,1-3,7-8,13-16H2/t20-,21+/m1/s1. The number of hydrogen-bond donors (Lipinski definition) is 2. The fraction of sp³-hybridized carbons (Fsp3) is 0.500. The van der Waals surface area contributed by atoms with Crippen LogP contribution in [0.5, 0.6) is 5.75 Å². The predicted molar refractivity (Wildman–Crippen MR) is 112 cm³/mol. The number of rotatable bonds is 3. The molecule has 0 aromatic heterocycles. The van der Waals surface area contributed by atoms with Crippen molar-refractivity contribution in [3.8, 4) is 16.9 Å². The molecule has 2 atom stereocenters. The topological polar surface area (TPSA) is 33.3 Å². The molecule has 2 N–H and O–H groups in total. The first-order valence-electron chi connectivity index (χ1n) is 10.8. The van der Waals surface area contributed by atoms with Crippen LogP contribution in [0.25, 0.3) is 11.1 Å². The number of benzene rings is 2. The van der Waals surface area contributed by atoms with Gasteiger partial charge in [0.05, 0.1) is 6.10 Å². The molecule has 142 valence electrons. The van der Waals surface area contributed by atoms with Crippen LogP contribution >= 0.6 is 0 Å². The molecular weight excluding hydrogens is 332 g/mol. The Balaban J connectivity index is 1.52. The zero-order valence-electron chi connectivity index (χ0n) is 16.0. The molecule has 0 bridgehead atoms. The van der Waals surface area contributed by atoms with Crippen molar-refractivity contribution in [3.05, 3.63) is 48.0 Å². The molecule has 2 fully saturated rings. The van der Waals surface area contributed by atoms with E-state index in [1.165, 1.54) is 67.3 Å². The molecule has 27 heavy (non-hydrogen) atoms. The molecule has 0 spiro atoms. The Hall–Kier alpha value is -2.00. The van der Waals surface area contributed by atoms with E-state index in [0.717, 1.165) is 18.8 Å². The molecule has 0 amide bonds. The van der Waals surface area contributed by atoms with Gasteiger partial charge < -0.3 is 15.4 Å². The Labute approximate surface area is 162 Å². The second-order valence-electron chi connectivity index (χ2n) is 8.33. The minimum Gasteiger partial charge on any atom is -0.490 e. The second-order valence-corrected chi connectivity index (χ2v) is 8.33. The van der Waals surface area contributed by atoms with Crippen molar-refractivity contribution < 1.29 is 4.74 Å². The normalized spacial score (nSPS) is 25.2. The minimum absolute atomic E-state index is 0.379. The summed E-state index contributed by atoms with van der Waals surface area (Å²) in [5.41, 5.74) is 5.46. The van der Waals surface area contributed by atoms with Crippen LogP contribution in [0, 0.1) is 0 Å². The van der Waals surface area contributed by atoms with Crippen LogP contribution in [0.2, 0.25) is 0 Å². The highest BCUT2D eigenvalue weighted by molar-refractivity contribution is 5.81. The van der Waals surface area contributed by atoms with E-state index in [1.54, 1.807) is 0 Å². The summed E-state index contributed by atoms with van der Waals surface area (Å²) in [6, 6.07) is 16.0. The smallest absolute Gasteiger partial charge is 0.127 e. The Bertz CT molecular complexity index is 797. The number of para-hydroxylation sites is 1. The second kappa shape index (κ2) is 7.55. The lowest BCUT2D eigenvalue weighted by Gasteiger charge is -2.25. The van der Waals surface area contributed by atoms with Crippen molar-refractivity contribution in [2.45, 2.75) is 63.0 Å². The van der Waals surface area contributed by atoms with E-state index < -0.39 is 0 Å². The molecule has 3 nitrogen and oxygen atoms in total. The van der Waals surface area contributed by atoms with E-state index in [9.17, 15) is 0 Å². The van der Waals surface area contributed by atoms with Gasteiger partial charge in [-0.2, -0.15) is 0 Å². The van der Waals surface area contributed by atoms with Crippen LogP contribution in [0.4, 0.5) is 5.69 Å². The third kappa shape index (κ3) is 3.34. The number of fused-ring (bicyclic) bond motifs is 3. The van der Waals surface area contributed by atoms with Crippen LogP contribution < -0.4 is 15.4 Å². The van der Waals surface area contributed by atoms with E-state index in [4.69, 9.17) is 4.74 Å². The van der Waals surface area contributed by atoms with Gasteiger partial charge in [-0.25, -0.2) is 0 Å². The van der Waals surface area contributed by atoms with Crippen molar-refractivity contribution in [2.75, 3.05) is 18.4 Å². The fourth-order valence-corrected chi connectivity index (χ4v) is 5.24. The highest BCUT2D eigenvalue weighted by atomic mass is 16.5. The molecule has 0 radical (unpaired) electrons. The highest BCUT2D eigenvalue weighted by Gasteiger charge is 2.35. The summed E-state index contributed by atoms with van der Waals surface area (Å²) in [4.78, 5) is 0. The molecule has 5 rings (SSSR count). The number of nitrogens with one attached hydrogen (secondary N) is 2. The Kier molecular flexibility index (Phi) is 4.79. The van der Waals surface area contributed by atoms with Crippen LogP contribution in [0.3, 0.4) is 0 Å². The summed E-state index contributed by atoms with van der Waals surface area (Å²) in [7, 11) is 0. The van der Waals surface area contributed by atoms with E-state index in [2.05, 4.69) is 53.1 Å². The largest absolute Gasteiger partial charge is 0.490 e. The molecule has 2 aromatic carbocycles. The first kappa shape index (κ1) is 17.1. The minimum atomic E-state index is 0.379. The third-order valence-electron chi connectivity index (χ3n) is 6.59. The van der Waals surface area contributed by atoms with Crippen molar-refractivity contribution in [1.29, 1.82) is 0 Å². The molecule has 2 aliphatic heterocycles. The van der Waals surface area contributed by atoms with Crippen molar-refractivity contribution in [2.24, 2.45) is 0 Å². The van der Waals surface area contributed by atoms with Gasteiger partial charge in [0, 0.05) is 23.2 Å². The van der Waals surface area contributed by atoms with E-state index in [0.29, 0.717) is 18.1 Å². The molecule has 2 aromatic rings. The maximum Gasteiger partial charge on any atom is 0.127 e. The first-order valence-corrected chi connectivity index (χ1v) is 10.8. The monoisotopic (exact) mass is 362 g/mol. The van der Waals surface area contributed by atoms with E-state index in [-0.39, 0.29) is 0 Å². The van der Waals surface area contributed by atoms with Gasteiger partial charge in [-0.3, -0.25) is 0 Å². The molecule has 0 unspecified atom stereocenters. The highest BCUT2D eigenvalue weighted by Crippen LogP contribution is 2.47. The van der Waals surface area contributed by atoms with Gasteiger partial charge in [-0.05, 0) is 74.9 Å². The molecule has 3 aliphatic rings. The Morgan fingerprint density at radius 2 is 1.59 bits per heavy atom. The van der Waals surface area contributed by atoms with Crippen LogP contribution in [-0.2, 0) is 0 Å². The van der Waals surface area contributed by atoms with Crippen molar-refractivity contribution >= 4 is 5.69 Å². The molecule has 1 saturated heterocycles. The SMILES string of the molecule is c1ccc(-c2cccc3c2[C@@H]2CCNCC[C@@H]2N3)c(OC2CCCCC2)c1. The lowest BCUT2D eigenvalue weighted by Crippen LogP contribution is -2.21. The summed E-state index contributed by atoms with van der Waals surface area (Å²) < 4.78 is 6.53. The molecule has 3 heteroatoms. The predicted octanol–water partition coefficient (Wildman–Crippen LogP) is 5.33. The molecule has 1 aliphatic carbocycles. The van der Waals surface area contributed by atoms with Gasteiger partial charge >= 0.3 is 0 Å².